The van der Waals surface area contributed by atoms with E-state index in [0.717, 1.165) is 27.6 Å². The molecule has 3 rings (SSSR count). The van der Waals surface area contributed by atoms with Gasteiger partial charge in [-0.3, -0.25) is 9.67 Å². The predicted molar refractivity (Wildman–Crippen MR) is 88.5 cm³/mol. The molecule has 1 heterocycles. The molecule has 5 heteroatoms. The SMILES string of the molecule is Cn1cc2cccc(-c3ccc(CN=C(C#N)C#N)cc3)c2n1. The summed E-state index contributed by atoms with van der Waals surface area (Å²) in [7, 11) is 1.91. The van der Waals surface area contributed by atoms with Gasteiger partial charge in [-0.05, 0) is 11.1 Å². The van der Waals surface area contributed by atoms with Crippen molar-refractivity contribution in [3.8, 4) is 23.3 Å². The molecule has 0 amide bonds. The highest BCUT2D eigenvalue weighted by Crippen LogP contribution is 2.27. The van der Waals surface area contributed by atoms with E-state index < -0.39 is 0 Å². The van der Waals surface area contributed by atoms with Crippen LogP contribution in [0.4, 0.5) is 0 Å². The fourth-order valence-corrected chi connectivity index (χ4v) is 2.45. The summed E-state index contributed by atoms with van der Waals surface area (Å²) >= 11 is 0. The molecule has 0 unspecified atom stereocenters. The lowest BCUT2D eigenvalue weighted by Gasteiger charge is -2.04. The molecule has 23 heavy (non-hydrogen) atoms. The number of fused-ring (bicyclic) bond motifs is 1. The van der Waals surface area contributed by atoms with E-state index in [1.165, 1.54) is 0 Å². The third kappa shape index (κ3) is 2.95. The lowest BCUT2D eigenvalue weighted by Crippen LogP contribution is -1.91. The molecule has 0 fully saturated rings. The Kier molecular flexibility index (Phi) is 3.86. The van der Waals surface area contributed by atoms with E-state index in [1.54, 1.807) is 12.1 Å². The zero-order valence-corrected chi connectivity index (χ0v) is 12.6. The van der Waals surface area contributed by atoms with Crippen molar-refractivity contribution >= 4 is 16.6 Å². The van der Waals surface area contributed by atoms with Crippen LogP contribution in [0.25, 0.3) is 22.0 Å². The molecule has 1 aromatic heterocycles. The molecule has 0 N–H and O–H groups in total. The van der Waals surface area contributed by atoms with Gasteiger partial charge >= 0.3 is 0 Å². The van der Waals surface area contributed by atoms with Gasteiger partial charge in [-0.25, -0.2) is 0 Å². The summed E-state index contributed by atoms with van der Waals surface area (Å²) < 4.78 is 1.81. The molecule has 110 valence electrons. The van der Waals surface area contributed by atoms with Crippen LogP contribution in [0.5, 0.6) is 0 Å². The Morgan fingerprint density at radius 3 is 2.57 bits per heavy atom. The summed E-state index contributed by atoms with van der Waals surface area (Å²) in [6.45, 7) is 0.324. The van der Waals surface area contributed by atoms with Gasteiger partial charge in [0.15, 0.2) is 0 Å². The molecule has 0 aliphatic heterocycles. The first-order valence-corrected chi connectivity index (χ1v) is 7.07. The van der Waals surface area contributed by atoms with E-state index in [0.29, 0.717) is 6.54 Å². The third-order valence-electron chi connectivity index (χ3n) is 3.55. The summed E-state index contributed by atoms with van der Waals surface area (Å²) in [6.07, 6.45) is 1.99. The van der Waals surface area contributed by atoms with Gasteiger partial charge in [-0.1, -0.05) is 42.5 Å². The molecular formula is C18H13N5. The zero-order chi connectivity index (χ0) is 16.2. The fourth-order valence-electron chi connectivity index (χ4n) is 2.45. The smallest absolute Gasteiger partial charge is 0.213 e. The van der Waals surface area contributed by atoms with E-state index in [4.69, 9.17) is 10.5 Å². The maximum Gasteiger partial charge on any atom is 0.213 e. The predicted octanol–water partition coefficient (Wildman–Crippen LogP) is 3.23. The largest absolute Gasteiger partial charge is 0.275 e. The number of aliphatic imine (C=N–C) groups is 1. The number of nitriles is 2. The highest BCUT2D eigenvalue weighted by molar-refractivity contribution is 6.10. The molecular weight excluding hydrogens is 286 g/mol. The fraction of sp³-hybridized carbons (Fsp3) is 0.111. The van der Waals surface area contributed by atoms with Gasteiger partial charge in [0.1, 0.15) is 17.7 Å². The maximum absolute atomic E-state index is 8.69. The van der Waals surface area contributed by atoms with Crippen LogP contribution in [0.2, 0.25) is 0 Å². The average molecular weight is 299 g/mol. The summed E-state index contributed by atoms with van der Waals surface area (Å²) in [5.74, 6) is 0. The summed E-state index contributed by atoms with van der Waals surface area (Å²) in [4.78, 5) is 3.97. The second kappa shape index (κ2) is 6.13. The van der Waals surface area contributed by atoms with E-state index in [-0.39, 0.29) is 5.71 Å². The number of aryl methyl sites for hydroxylation is 1. The Bertz CT molecular complexity index is 949. The number of hydrogen-bond acceptors (Lipinski definition) is 4. The molecule has 2 aromatic carbocycles. The van der Waals surface area contributed by atoms with E-state index in [9.17, 15) is 0 Å². The standard InChI is InChI=1S/C18H13N5/c1-23-12-15-3-2-4-17(18(15)22-23)14-7-5-13(6-8-14)11-21-16(9-19)10-20/h2-8,12H,11H2,1H3. The van der Waals surface area contributed by atoms with Gasteiger partial charge < -0.3 is 0 Å². The van der Waals surface area contributed by atoms with E-state index in [1.807, 2.05) is 60.4 Å². The highest BCUT2D eigenvalue weighted by Gasteiger charge is 2.07. The first-order chi connectivity index (χ1) is 11.2. The van der Waals surface area contributed by atoms with Crippen molar-refractivity contribution in [1.82, 2.24) is 9.78 Å². The third-order valence-corrected chi connectivity index (χ3v) is 3.55. The highest BCUT2D eigenvalue weighted by atomic mass is 15.2. The van der Waals surface area contributed by atoms with Crippen molar-refractivity contribution in [3.63, 3.8) is 0 Å². The molecule has 5 nitrogen and oxygen atoms in total. The summed E-state index contributed by atoms with van der Waals surface area (Å²) in [5.41, 5.74) is 3.96. The van der Waals surface area contributed by atoms with Crippen LogP contribution >= 0.6 is 0 Å². The second-order valence-corrected chi connectivity index (χ2v) is 5.13. The second-order valence-electron chi connectivity index (χ2n) is 5.13. The van der Waals surface area contributed by atoms with Crippen LogP contribution in [0.3, 0.4) is 0 Å². The average Bonchev–Trinajstić information content (AvgIpc) is 2.96. The Morgan fingerprint density at radius 1 is 1.13 bits per heavy atom. The molecule has 0 atom stereocenters. The maximum atomic E-state index is 8.69. The van der Waals surface area contributed by atoms with Crippen molar-refractivity contribution in [1.29, 1.82) is 10.5 Å². The number of benzene rings is 2. The minimum absolute atomic E-state index is 0.104. The number of hydrogen-bond donors (Lipinski definition) is 0. The van der Waals surface area contributed by atoms with Crippen LogP contribution in [0.15, 0.2) is 53.7 Å². The number of rotatable bonds is 3. The molecule has 0 aliphatic carbocycles. The van der Waals surface area contributed by atoms with Gasteiger partial charge in [0.05, 0.1) is 6.54 Å². The minimum atomic E-state index is -0.104. The molecule has 0 radical (unpaired) electrons. The quantitative estimate of drug-likeness (QED) is 0.696. The minimum Gasteiger partial charge on any atom is -0.275 e. The van der Waals surface area contributed by atoms with Gasteiger partial charge in [0.2, 0.25) is 5.71 Å². The summed E-state index contributed by atoms with van der Waals surface area (Å²) in [6, 6.07) is 17.5. The van der Waals surface area contributed by atoms with Crippen molar-refractivity contribution in [2.75, 3.05) is 0 Å². The first-order valence-electron chi connectivity index (χ1n) is 7.07. The lowest BCUT2D eigenvalue weighted by atomic mass is 10.0. The molecule has 0 saturated heterocycles. The Labute approximate surface area is 133 Å². The lowest BCUT2D eigenvalue weighted by molar-refractivity contribution is 0.780. The van der Waals surface area contributed by atoms with Crippen molar-refractivity contribution in [2.45, 2.75) is 6.54 Å². The van der Waals surface area contributed by atoms with Gasteiger partial charge in [0.25, 0.3) is 0 Å². The molecule has 0 aliphatic rings. The Hall–Kier alpha value is -3.44. The van der Waals surface area contributed by atoms with Crippen LogP contribution < -0.4 is 0 Å². The zero-order valence-electron chi connectivity index (χ0n) is 12.6. The number of nitrogens with zero attached hydrogens (tertiary/aromatic N) is 5. The molecule has 3 aromatic rings. The monoisotopic (exact) mass is 299 g/mol. The van der Waals surface area contributed by atoms with E-state index >= 15 is 0 Å². The Morgan fingerprint density at radius 2 is 1.87 bits per heavy atom. The van der Waals surface area contributed by atoms with Crippen molar-refractivity contribution < 1.29 is 0 Å². The van der Waals surface area contributed by atoms with Crippen molar-refractivity contribution in [2.24, 2.45) is 12.0 Å². The van der Waals surface area contributed by atoms with Crippen LogP contribution in [-0.4, -0.2) is 15.5 Å². The summed E-state index contributed by atoms with van der Waals surface area (Å²) in [5, 5.41) is 23.0. The number of aromatic nitrogens is 2. The normalized spacial score (nSPS) is 10.0. The molecule has 0 bridgehead atoms. The van der Waals surface area contributed by atoms with Crippen LogP contribution in [0.1, 0.15) is 5.56 Å². The van der Waals surface area contributed by atoms with Crippen LogP contribution in [0, 0.1) is 22.7 Å². The van der Waals surface area contributed by atoms with Gasteiger partial charge in [-0.2, -0.15) is 15.6 Å². The van der Waals surface area contributed by atoms with Crippen molar-refractivity contribution in [3.05, 3.63) is 54.2 Å². The Balaban J connectivity index is 1.92. The topological polar surface area (TPSA) is 77.8 Å². The van der Waals surface area contributed by atoms with Gasteiger partial charge in [0, 0.05) is 24.2 Å². The first kappa shape index (κ1) is 14.5. The van der Waals surface area contributed by atoms with Gasteiger partial charge in [-0.15, -0.1) is 0 Å². The molecule has 0 spiro atoms. The van der Waals surface area contributed by atoms with Crippen LogP contribution in [-0.2, 0) is 13.6 Å². The molecule has 0 saturated carbocycles. The van der Waals surface area contributed by atoms with E-state index in [2.05, 4.69) is 10.1 Å².